The number of rotatable bonds is 2. The van der Waals surface area contributed by atoms with Crippen LogP contribution in [0, 0.1) is 11.3 Å². The Hall–Kier alpha value is -3.02. The second-order valence-electron chi connectivity index (χ2n) is 4.02. The van der Waals surface area contributed by atoms with Crippen LogP contribution in [-0.4, -0.2) is 16.1 Å². The lowest BCUT2D eigenvalue weighted by molar-refractivity contribution is -0.136. The number of nitriles is 1. The fourth-order valence-electron chi connectivity index (χ4n) is 1.62. The zero-order valence-electron chi connectivity index (χ0n) is 10.3. The molecule has 1 amide bonds. The number of alkyl halides is 3. The van der Waals surface area contributed by atoms with E-state index in [2.05, 4.69) is 15.5 Å². The molecule has 0 spiro atoms. The van der Waals surface area contributed by atoms with Gasteiger partial charge in [-0.3, -0.25) is 9.89 Å². The maximum absolute atomic E-state index is 12.9. The number of hydrogen-bond donors (Lipinski definition) is 3. The van der Waals surface area contributed by atoms with Crippen LogP contribution in [0.25, 0.3) is 0 Å². The number of nitrogen functional groups attached to an aromatic ring is 1. The Morgan fingerprint density at radius 2 is 2.14 bits per heavy atom. The fourth-order valence-corrected chi connectivity index (χ4v) is 1.62. The van der Waals surface area contributed by atoms with E-state index in [-0.39, 0.29) is 16.9 Å². The van der Waals surface area contributed by atoms with Crippen LogP contribution in [0.4, 0.5) is 24.5 Å². The molecule has 0 aliphatic carbocycles. The highest BCUT2D eigenvalue weighted by molar-refractivity contribution is 6.06. The Morgan fingerprint density at radius 3 is 2.67 bits per heavy atom. The molecule has 0 radical (unpaired) electrons. The largest absolute Gasteiger partial charge is 0.418 e. The highest BCUT2D eigenvalue weighted by Crippen LogP contribution is 2.35. The minimum absolute atomic E-state index is 0.00898. The van der Waals surface area contributed by atoms with E-state index < -0.39 is 23.3 Å². The maximum atomic E-state index is 12.9. The summed E-state index contributed by atoms with van der Waals surface area (Å²) in [5, 5.41) is 16.5. The summed E-state index contributed by atoms with van der Waals surface area (Å²) in [5.41, 5.74) is 3.55. The number of carbonyl (C=O) groups is 1. The summed E-state index contributed by atoms with van der Waals surface area (Å²) < 4.78 is 38.8. The summed E-state index contributed by atoms with van der Waals surface area (Å²) in [6, 6.07) is 4.44. The normalized spacial score (nSPS) is 11.0. The number of anilines is 2. The van der Waals surface area contributed by atoms with Crippen molar-refractivity contribution in [3.8, 4) is 6.07 Å². The standard InChI is InChI=1S/C12H8F3N5O/c13-12(14,15)7-3-6(4-16)1-2-9(7)19-11(21)10-8(17)5-18-20-10/h1-3,5H,17H2,(H,18,20)(H,19,21). The number of hydrogen-bond acceptors (Lipinski definition) is 4. The lowest BCUT2D eigenvalue weighted by Gasteiger charge is -2.13. The first-order valence-corrected chi connectivity index (χ1v) is 5.54. The molecule has 0 saturated heterocycles. The van der Waals surface area contributed by atoms with E-state index in [1.807, 2.05) is 0 Å². The van der Waals surface area contributed by atoms with Gasteiger partial charge in [0.15, 0.2) is 0 Å². The first-order chi connectivity index (χ1) is 9.82. The van der Waals surface area contributed by atoms with Gasteiger partial charge in [0.1, 0.15) is 5.69 Å². The molecule has 108 valence electrons. The van der Waals surface area contributed by atoms with Gasteiger partial charge in [-0.15, -0.1) is 0 Å². The lowest BCUT2D eigenvalue weighted by Crippen LogP contribution is -2.18. The van der Waals surface area contributed by atoms with Crippen molar-refractivity contribution in [2.24, 2.45) is 0 Å². The number of benzene rings is 1. The maximum Gasteiger partial charge on any atom is 0.418 e. The number of carbonyl (C=O) groups excluding carboxylic acids is 1. The molecule has 0 aliphatic heterocycles. The monoisotopic (exact) mass is 295 g/mol. The topological polar surface area (TPSA) is 108 Å². The molecule has 6 nitrogen and oxygen atoms in total. The van der Waals surface area contributed by atoms with Crippen LogP contribution in [0.1, 0.15) is 21.6 Å². The third kappa shape index (κ3) is 2.94. The van der Waals surface area contributed by atoms with Crippen molar-refractivity contribution < 1.29 is 18.0 Å². The molecule has 1 aromatic carbocycles. The van der Waals surface area contributed by atoms with Gasteiger partial charge in [-0.25, -0.2) is 0 Å². The Kier molecular flexibility index (Phi) is 3.54. The molecule has 0 unspecified atom stereocenters. The SMILES string of the molecule is N#Cc1ccc(NC(=O)c2[nH]ncc2N)c(C(F)(F)F)c1. The van der Waals surface area contributed by atoms with Crippen LogP contribution in [0.3, 0.4) is 0 Å². The van der Waals surface area contributed by atoms with Crippen LogP contribution in [-0.2, 0) is 6.18 Å². The number of nitrogens with zero attached hydrogens (tertiary/aromatic N) is 2. The molecule has 1 heterocycles. The Balaban J connectivity index is 2.39. The Morgan fingerprint density at radius 1 is 1.43 bits per heavy atom. The minimum Gasteiger partial charge on any atom is -0.396 e. The number of aromatic amines is 1. The molecule has 4 N–H and O–H groups in total. The van der Waals surface area contributed by atoms with Gasteiger partial charge in [0, 0.05) is 0 Å². The van der Waals surface area contributed by atoms with Crippen molar-refractivity contribution in [2.75, 3.05) is 11.1 Å². The number of aromatic nitrogens is 2. The van der Waals surface area contributed by atoms with E-state index in [1.165, 1.54) is 12.3 Å². The molecule has 2 aromatic rings. The first-order valence-electron chi connectivity index (χ1n) is 5.54. The summed E-state index contributed by atoms with van der Waals surface area (Å²) in [7, 11) is 0. The van der Waals surface area contributed by atoms with Gasteiger partial charge in [-0.1, -0.05) is 0 Å². The van der Waals surface area contributed by atoms with E-state index in [4.69, 9.17) is 11.0 Å². The molecule has 1 aromatic heterocycles. The van der Waals surface area contributed by atoms with Crippen molar-refractivity contribution in [2.45, 2.75) is 6.18 Å². The minimum atomic E-state index is -4.71. The zero-order chi connectivity index (χ0) is 15.6. The van der Waals surface area contributed by atoms with Crippen molar-refractivity contribution in [1.29, 1.82) is 5.26 Å². The molecule has 0 aliphatic rings. The van der Waals surface area contributed by atoms with Crippen molar-refractivity contribution in [3.05, 3.63) is 41.2 Å². The molecule has 0 fully saturated rings. The van der Waals surface area contributed by atoms with E-state index >= 15 is 0 Å². The summed E-state index contributed by atoms with van der Waals surface area (Å²) in [6.45, 7) is 0. The predicted molar refractivity (Wildman–Crippen MR) is 67.1 cm³/mol. The second kappa shape index (κ2) is 5.16. The van der Waals surface area contributed by atoms with Crippen molar-refractivity contribution in [3.63, 3.8) is 0 Å². The van der Waals surface area contributed by atoms with Gasteiger partial charge in [0.2, 0.25) is 0 Å². The average Bonchev–Trinajstić information content (AvgIpc) is 2.84. The number of nitrogens with one attached hydrogen (secondary N) is 2. The highest BCUT2D eigenvalue weighted by Gasteiger charge is 2.34. The molecule has 9 heteroatoms. The summed E-state index contributed by atoms with van der Waals surface area (Å²) in [6.07, 6.45) is -3.55. The zero-order valence-corrected chi connectivity index (χ0v) is 10.3. The summed E-state index contributed by atoms with van der Waals surface area (Å²) in [5.74, 6) is -0.861. The number of amides is 1. The van der Waals surface area contributed by atoms with E-state index in [9.17, 15) is 18.0 Å². The van der Waals surface area contributed by atoms with Gasteiger partial charge >= 0.3 is 6.18 Å². The number of H-pyrrole nitrogens is 1. The smallest absolute Gasteiger partial charge is 0.396 e. The van der Waals surface area contributed by atoms with Gasteiger partial charge in [0.05, 0.1) is 34.8 Å². The van der Waals surface area contributed by atoms with Gasteiger partial charge < -0.3 is 11.1 Å². The van der Waals surface area contributed by atoms with Gasteiger partial charge in [-0.05, 0) is 18.2 Å². The van der Waals surface area contributed by atoms with Crippen LogP contribution in [0.5, 0.6) is 0 Å². The summed E-state index contributed by atoms with van der Waals surface area (Å²) in [4.78, 5) is 11.8. The lowest BCUT2D eigenvalue weighted by atomic mass is 10.1. The van der Waals surface area contributed by atoms with E-state index in [0.717, 1.165) is 6.07 Å². The quantitative estimate of drug-likeness (QED) is 0.788. The first kappa shape index (κ1) is 14.4. The van der Waals surface area contributed by atoms with Crippen molar-refractivity contribution >= 4 is 17.3 Å². The third-order valence-corrected chi connectivity index (χ3v) is 2.60. The Labute approximate surface area is 116 Å². The van der Waals surface area contributed by atoms with Gasteiger partial charge in [-0.2, -0.15) is 23.5 Å². The van der Waals surface area contributed by atoms with Crippen molar-refractivity contribution in [1.82, 2.24) is 10.2 Å². The molecular formula is C12H8F3N5O. The van der Waals surface area contributed by atoms with Crippen LogP contribution in [0.15, 0.2) is 24.4 Å². The molecular weight excluding hydrogens is 287 g/mol. The van der Waals surface area contributed by atoms with Crippen LogP contribution in [0.2, 0.25) is 0 Å². The second-order valence-corrected chi connectivity index (χ2v) is 4.02. The average molecular weight is 295 g/mol. The van der Waals surface area contributed by atoms with Crippen LogP contribution < -0.4 is 11.1 Å². The molecule has 0 atom stereocenters. The summed E-state index contributed by atoms with van der Waals surface area (Å²) >= 11 is 0. The predicted octanol–water partition coefficient (Wildman–Crippen LogP) is 2.13. The van der Waals surface area contributed by atoms with Crippen LogP contribution >= 0.6 is 0 Å². The highest BCUT2D eigenvalue weighted by atomic mass is 19.4. The molecule has 0 bridgehead atoms. The number of halogens is 3. The third-order valence-electron chi connectivity index (χ3n) is 2.60. The molecule has 21 heavy (non-hydrogen) atoms. The number of nitrogens with two attached hydrogens (primary N) is 1. The fraction of sp³-hybridized carbons (Fsp3) is 0.0833. The van der Waals surface area contributed by atoms with E-state index in [1.54, 1.807) is 6.07 Å². The van der Waals surface area contributed by atoms with E-state index in [0.29, 0.717) is 6.07 Å². The molecule has 2 rings (SSSR count). The molecule has 0 saturated carbocycles. The van der Waals surface area contributed by atoms with Gasteiger partial charge in [0.25, 0.3) is 5.91 Å². The Bertz CT molecular complexity index is 729.